The molecule has 0 amide bonds. The molecule has 0 spiro atoms. The SMILES string of the molecule is Clc1cc2c(c(CNC3COC3)c1)OCC2. The van der Waals surface area contributed by atoms with Crippen LogP contribution in [0.4, 0.5) is 0 Å². The molecule has 16 heavy (non-hydrogen) atoms. The molecule has 1 fully saturated rings. The van der Waals surface area contributed by atoms with Crippen LogP contribution in [0.15, 0.2) is 12.1 Å². The number of hydrogen-bond acceptors (Lipinski definition) is 3. The minimum absolute atomic E-state index is 0.482. The van der Waals surface area contributed by atoms with Gasteiger partial charge >= 0.3 is 0 Å². The maximum absolute atomic E-state index is 6.08. The second-order valence-electron chi connectivity index (χ2n) is 4.27. The van der Waals surface area contributed by atoms with Gasteiger partial charge < -0.3 is 14.8 Å². The van der Waals surface area contributed by atoms with Crippen molar-refractivity contribution in [2.24, 2.45) is 0 Å². The molecule has 0 radical (unpaired) electrons. The van der Waals surface area contributed by atoms with Crippen molar-refractivity contribution >= 4 is 11.6 Å². The Morgan fingerprint density at radius 1 is 1.38 bits per heavy atom. The first kappa shape index (κ1) is 10.4. The van der Waals surface area contributed by atoms with Crippen LogP contribution < -0.4 is 10.1 Å². The van der Waals surface area contributed by atoms with Crippen LogP contribution in [0.5, 0.6) is 5.75 Å². The summed E-state index contributed by atoms with van der Waals surface area (Å²) in [6.45, 7) is 3.19. The van der Waals surface area contributed by atoms with E-state index in [-0.39, 0.29) is 0 Å². The lowest BCUT2D eigenvalue weighted by molar-refractivity contribution is -0.00584. The summed E-state index contributed by atoms with van der Waals surface area (Å²) in [6, 6.07) is 4.47. The molecule has 0 bridgehead atoms. The average Bonchev–Trinajstić information content (AvgIpc) is 2.62. The molecule has 0 atom stereocenters. The van der Waals surface area contributed by atoms with E-state index in [1.165, 1.54) is 5.56 Å². The van der Waals surface area contributed by atoms with Crippen molar-refractivity contribution in [1.29, 1.82) is 0 Å². The molecular weight excluding hydrogens is 226 g/mol. The van der Waals surface area contributed by atoms with Crippen LogP contribution in [0.3, 0.4) is 0 Å². The third kappa shape index (κ3) is 1.90. The van der Waals surface area contributed by atoms with E-state index in [1.807, 2.05) is 12.1 Å². The third-order valence-corrected chi connectivity index (χ3v) is 3.26. The fraction of sp³-hybridized carbons (Fsp3) is 0.500. The summed E-state index contributed by atoms with van der Waals surface area (Å²) in [5, 5.41) is 4.23. The summed E-state index contributed by atoms with van der Waals surface area (Å²) in [6.07, 6.45) is 0.968. The fourth-order valence-corrected chi connectivity index (χ4v) is 2.35. The van der Waals surface area contributed by atoms with E-state index in [2.05, 4.69) is 5.32 Å². The van der Waals surface area contributed by atoms with Crippen molar-refractivity contribution in [2.75, 3.05) is 19.8 Å². The fourth-order valence-electron chi connectivity index (χ4n) is 2.09. The predicted molar refractivity (Wildman–Crippen MR) is 62.1 cm³/mol. The van der Waals surface area contributed by atoms with Gasteiger partial charge in [0, 0.05) is 23.6 Å². The Hall–Kier alpha value is -0.770. The van der Waals surface area contributed by atoms with Crippen LogP contribution in [-0.4, -0.2) is 25.9 Å². The highest BCUT2D eigenvalue weighted by Gasteiger charge is 2.21. The van der Waals surface area contributed by atoms with Gasteiger partial charge in [0.15, 0.2) is 0 Å². The van der Waals surface area contributed by atoms with E-state index in [4.69, 9.17) is 21.1 Å². The molecule has 0 aliphatic carbocycles. The van der Waals surface area contributed by atoms with Gasteiger partial charge in [-0.05, 0) is 17.7 Å². The topological polar surface area (TPSA) is 30.5 Å². The van der Waals surface area contributed by atoms with Crippen LogP contribution in [-0.2, 0) is 17.7 Å². The van der Waals surface area contributed by atoms with Crippen molar-refractivity contribution in [3.05, 3.63) is 28.3 Å². The summed E-state index contributed by atoms with van der Waals surface area (Å²) in [7, 11) is 0. The van der Waals surface area contributed by atoms with Crippen molar-refractivity contribution in [3.63, 3.8) is 0 Å². The number of fused-ring (bicyclic) bond motifs is 1. The maximum Gasteiger partial charge on any atom is 0.127 e. The van der Waals surface area contributed by atoms with Gasteiger partial charge in [0.25, 0.3) is 0 Å². The van der Waals surface area contributed by atoms with Crippen molar-refractivity contribution in [2.45, 2.75) is 19.0 Å². The Morgan fingerprint density at radius 2 is 2.25 bits per heavy atom. The zero-order chi connectivity index (χ0) is 11.0. The van der Waals surface area contributed by atoms with Gasteiger partial charge in [0.05, 0.1) is 25.9 Å². The smallest absolute Gasteiger partial charge is 0.127 e. The molecule has 1 N–H and O–H groups in total. The second kappa shape index (κ2) is 4.24. The van der Waals surface area contributed by atoms with Gasteiger partial charge in [0.2, 0.25) is 0 Å². The number of rotatable bonds is 3. The Labute approximate surface area is 99.7 Å². The third-order valence-electron chi connectivity index (χ3n) is 3.04. The van der Waals surface area contributed by atoms with Crippen molar-refractivity contribution in [3.8, 4) is 5.75 Å². The van der Waals surface area contributed by atoms with E-state index in [0.29, 0.717) is 6.04 Å². The molecule has 1 aromatic rings. The highest BCUT2D eigenvalue weighted by molar-refractivity contribution is 6.30. The Bertz CT molecular complexity index is 404. The molecular formula is C12H14ClNO2. The molecule has 0 aromatic heterocycles. The Morgan fingerprint density at radius 3 is 3.00 bits per heavy atom. The molecule has 1 aromatic carbocycles. The summed E-state index contributed by atoms with van der Waals surface area (Å²) < 4.78 is 10.8. The lowest BCUT2D eigenvalue weighted by Crippen LogP contribution is -2.45. The predicted octanol–water partition coefficient (Wildman–Crippen LogP) is 1.76. The normalized spacial score (nSPS) is 19.1. The summed E-state index contributed by atoms with van der Waals surface area (Å²) in [4.78, 5) is 0. The van der Waals surface area contributed by atoms with E-state index in [1.54, 1.807) is 0 Å². The lowest BCUT2D eigenvalue weighted by Gasteiger charge is -2.27. The number of nitrogens with one attached hydrogen (secondary N) is 1. The molecule has 4 heteroatoms. The minimum atomic E-state index is 0.482. The molecule has 2 aliphatic rings. The zero-order valence-corrected chi connectivity index (χ0v) is 9.72. The standard InChI is InChI=1S/C12H14ClNO2/c13-10-3-8-1-2-16-12(8)9(4-10)5-14-11-6-15-7-11/h3-4,11,14H,1-2,5-7H2. The molecule has 0 saturated carbocycles. The van der Waals surface area contributed by atoms with Gasteiger partial charge in [0.1, 0.15) is 5.75 Å². The van der Waals surface area contributed by atoms with Crippen LogP contribution in [0.25, 0.3) is 0 Å². The molecule has 1 saturated heterocycles. The summed E-state index contributed by atoms with van der Waals surface area (Å²) in [5.74, 6) is 1.03. The maximum atomic E-state index is 6.08. The number of benzene rings is 1. The first-order valence-corrected chi connectivity index (χ1v) is 5.96. The molecule has 3 nitrogen and oxygen atoms in total. The molecule has 2 heterocycles. The number of halogens is 1. The van der Waals surface area contributed by atoms with Gasteiger partial charge in [-0.1, -0.05) is 11.6 Å². The van der Waals surface area contributed by atoms with E-state index in [9.17, 15) is 0 Å². The largest absolute Gasteiger partial charge is 0.493 e. The quantitative estimate of drug-likeness (QED) is 0.872. The Kier molecular flexibility index (Phi) is 2.75. The molecule has 3 rings (SSSR count). The van der Waals surface area contributed by atoms with E-state index >= 15 is 0 Å². The molecule has 86 valence electrons. The molecule has 0 unspecified atom stereocenters. The van der Waals surface area contributed by atoms with Crippen molar-refractivity contribution in [1.82, 2.24) is 5.32 Å². The van der Waals surface area contributed by atoms with Crippen LogP contribution >= 0.6 is 11.6 Å². The molecule has 2 aliphatic heterocycles. The van der Waals surface area contributed by atoms with Gasteiger partial charge in [-0.15, -0.1) is 0 Å². The minimum Gasteiger partial charge on any atom is -0.493 e. The second-order valence-corrected chi connectivity index (χ2v) is 4.70. The lowest BCUT2D eigenvalue weighted by atomic mass is 10.1. The first-order valence-electron chi connectivity index (χ1n) is 5.58. The summed E-state index contributed by atoms with van der Waals surface area (Å²) >= 11 is 6.08. The van der Waals surface area contributed by atoms with Gasteiger partial charge in [-0.25, -0.2) is 0 Å². The first-order chi connectivity index (χ1) is 7.83. The van der Waals surface area contributed by atoms with Gasteiger partial charge in [-0.3, -0.25) is 0 Å². The summed E-state index contributed by atoms with van der Waals surface area (Å²) in [5.41, 5.74) is 2.39. The number of ether oxygens (including phenoxy) is 2. The van der Waals surface area contributed by atoms with Crippen LogP contribution in [0.1, 0.15) is 11.1 Å². The van der Waals surface area contributed by atoms with E-state index in [0.717, 1.165) is 49.1 Å². The monoisotopic (exact) mass is 239 g/mol. The average molecular weight is 240 g/mol. The Balaban J connectivity index is 1.77. The van der Waals surface area contributed by atoms with Gasteiger partial charge in [-0.2, -0.15) is 0 Å². The highest BCUT2D eigenvalue weighted by Crippen LogP contribution is 2.32. The van der Waals surface area contributed by atoms with E-state index < -0.39 is 0 Å². The number of hydrogen-bond donors (Lipinski definition) is 1. The zero-order valence-electron chi connectivity index (χ0n) is 8.96. The van der Waals surface area contributed by atoms with Crippen molar-refractivity contribution < 1.29 is 9.47 Å². The van der Waals surface area contributed by atoms with Crippen LogP contribution in [0.2, 0.25) is 5.02 Å². The van der Waals surface area contributed by atoms with Crippen LogP contribution in [0, 0.1) is 0 Å². The highest BCUT2D eigenvalue weighted by atomic mass is 35.5.